The zero-order valence-corrected chi connectivity index (χ0v) is 14.1. The zero-order chi connectivity index (χ0) is 17.8. The van der Waals surface area contributed by atoms with Crippen LogP contribution in [0.25, 0.3) is 0 Å². The average molecular weight is 346 g/mol. The van der Waals surface area contributed by atoms with E-state index in [0.29, 0.717) is 0 Å². The van der Waals surface area contributed by atoms with Crippen LogP contribution >= 0.6 is 11.6 Å². The lowest BCUT2D eigenvalue weighted by atomic mass is 10.0. The molecule has 0 saturated carbocycles. The van der Waals surface area contributed by atoms with Gasteiger partial charge in [0.05, 0.1) is 7.11 Å². The number of aliphatic carboxylic acids is 1. The van der Waals surface area contributed by atoms with Crippen molar-refractivity contribution in [2.45, 2.75) is 38.8 Å². The molecule has 0 spiro atoms. The van der Waals surface area contributed by atoms with Crippen LogP contribution in [0.5, 0.6) is 11.5 Å². The first-order valence-corrected chi connectivity index (χ1v) is 7.19. The van der Waals surface area contributed by atoms with Gasteiger partial charge in [-0.2, -0.15) is 0 Å². The number of rotatable bonds is 5. The lowest BCUT2D eigenvalue weighted by Crippen LogP contribution is -2.44. The molecule has 1 aromatic carbocycles. The monoisotopic (exact) mass is 345 g/mol. The van der Waals surface area contributed by atoms with Crippen LogP contribution in [-0.4, -0.2) is 41.0 Å². The van der Waals surface area contributed by atoms with Crippen molar-refractivity contribution in [3.8, 4) is 11.5 Å². The van der Waals surface area contributed by atoms with Crippen LogP contribution in [-0.2, 0) is 16.0 Å². The number of methoxy groups -OCH3 is 1. The van der Waals surface area contributed by atoms with Gasteiger partial charge in [-0.3, -0.25) is 0 Å². The summed E-state index contributed by atoms with van der Waals surface area (Å²) in [5.41, 5.74) is -0.521. The molecule has 1 amide bonds. The fourth-order valence-corrected chi connectivity index (χ4v) is 2.04. The molecular formula is C15H20ClNO6. The Bertz CT molecular complexity index is 596. The molecule has 128 valence electrons. The molecule has 23 heavy (non-hydrogen) atoms. The third-order valence-corrected chi connectivity index (χ3v) is 2.97. The molecule has 0 aliphatic carbocycles. The van der Waals surface area contributed by atoms with Crippen molar-refractivity contribution in [1.82, 2.24) is 5.32 Å². The maximum absolute atomic E-state index is 11.7. The van der Waals surface area contributed by atoms with Gasteiger partial charge in [0.25, 0.3) is 0 Å². The number of aromatic hydroxyl groups is 1. The summed E-state index contributed by atoms with van der Waals surface area (Å²) in [6.45, 7) is 4.99. The van der Waals surface area contributed by atoms with E-state index in [9.17, 15) is 19.8 Å². The number of hydrogen-bond acceptors (Lipinski definition) is 5. The Morgan fingerprint density at radius 3 is 2.43 bits per heavy atom. The molecule has 3 N–H and O–H groups in total. The van der Waals surface area contributed by atoms with E-state index >= 15 is 0 Å². The predicted molar refractivity (Wildman–Crippen MR) is 84.2 cm³/mol. The summed E-state index contributed by atoms with van der Waals surface area (Å²) in [6, 6.07) is 1.52. The van der Waals surface area contributed by atoms with Crippen LogP contribution in [0.15, 0.2) is 12.1 Å². The van der Waals surface area contributed by atoms with E-state index in [1.807, 2.05) is 0 Å². The molecular weight excluding hydrogens is 326 g/mol. The van der Waals surface area contributed by atoms with E-state index in [1.165, 1.54) is 19.2 Å². The second kappa shape index (κ2) is 7.41. The molecule has 1 unspecified atom stereocenters. The molecule has 0 bridgehead atoms. The van der Waals surface area contributed by atoms with Gasteiger partial charge in [-0.1, -0.05) is 11.6 Å². The Labute approximate surface area is 139 Å². The largest absolute Gasteiger partial charge is 0.504 e. The number of benzene rings is 1. The van der Waals surface area contributed by atoms with Crippen LogP contribution in [0.2, 0.25) is 5.02 Å². The molecule has 0 aliphatic heterocycles. The number of ether oxygens (including phenoxy) is 2. The van der Waals surface area contributed by atoms with Gasteiger partial charge in [0.15, 0.2) is 11.5 Å². The fourth-order valence-electron chi connectivity index (χ4n) is 1.81. The van der Waals surface area contributed by atoms with Gasteiger partial charge in [-0.05, 0) is 26.8 Å². The van der Waals surface area contributed by atoms with Crippen molar-refractivity contribution in [1.29, 1.82) is 0 Å². The third-order valence-electron chi connectivity index (χ3n) is 2.75. The van der Waals surface area contributed by atoms with Crippen molar-refractivity contribution in [3.05, 3.63) is 22.7 Å². The predicted octanol–water partition coefficient (Wildman–Crippen LogP) is 2.57. The van der Waals surface area contributed by atoms with Gasteiger partial charge in [-0.25, -0.2) is 9.59 Å². The lowest BCUT2D eigenvalue weighted by molar-refractivity contribution is -0.139. The number of phenolic OH excluding ortho intramolecular Hbond substituents is 1. The maximum Gasteiger partial charge on any atom is 0.408 e. The number of carboxylic acids is 1. The van der Waals surface area contributed by atoms with Gasteiger partial charge in [-0.15, -0.1) is 0 Å². The third kappa shape index (κ3) is 5.86. The molecule has 1 atom stereocenters. The summed E-state index contributed by atoms with van der Waals surface area (Å²) < 4.78 is 9.99. The first kappa shape index (κ1) is 18.9. The first-order valence-electron chi connectivity index (χ1n) is 6.81. The van der Waals surface area contributed by atoms with Gasteiger partial charge in [0.2, 0.25) is 0 Å². The Balaban J connectivity index is 2.95. The fraction of sp³-hybridized carbons (Fsp3) is 0.467. The van der Waals surface area contributed by atoms with Crippen molar-refractivity contribution in [3.63, 3.8) is 0 Å². The second-order valence-electron chi connectivity index (χ2n) is 5.86. The Morgan fingerprint density at radius 1 is 1.35 bits per heavy atom. The minimum absolute atomic E-state index is 0.119. The molecule has 0 aromatic heterocycles. The van der Waals surface area contributed by atoms with Gasteiger partial charge < -0.3 is 25.0 Å². The first-order chi connectivity index (χ1) is 10.5. The van der Waals surface area contributed by atoms with Gasteiger partial charge in [0, 0.05) is 23.1 Å². The number of amides is 1. The molecule has 8 heteroatoms. The second-order valence-corrected chi connectivity index (χ2v) is 6.29. The number of halogens is 1. The highest BCUT2D eigenvalue weighted by Crippen LogP contribution is 2.34. The summed E-state index contributed by atoms with van der Waals surface area (Å²) in [6.07, 6.45) is -1.05. The van der Waals surface area contributed by atoms with E-state index in [2.05, 4.69) is 5.32 Å². The van der Waals surface area contributed by atoms with Crippen LogP contribution in [0.1, 0.15) is 26.3 Å². The number of carboxylic acid groups (broad SMARTS) is 1. The van der Waals surface area contributed by atoms with Crippen molar-refractivity contribution < 1.29 is 29.3 Å². The van der Waals surface area contributed by atoms with E-state index in [1.54, 1.807) is 20.8 Å². The summed E-state index contributed by atoms with van der Waals surface area (Å²) in [5.74, 6) is -1.38. The Hall–Kier alpha value is -2.15. The molecule has 1 aromatic rings. The zero-order valence-electron chi connectivity index (χ0n) is 13.3. The van der Waals surface area contributed by atoms with Crippen molar-refractivity contribution in [2.24, 2.45) is 0 Å². The minimum Gasteiger partial charge on any atom is -0.504 e. The summed E-state index contributed by atoms with van der Waals surface area (Å²) >= 11 is 5.91. The maximum atomic E-state index is 11.7. The smallest absolute Gasteiger partial charge is 0.408 e. The van der Waals surface area contributed by atoms with E-state index in [4.69, 9.17) is 21.1 Å². The Morgan fingerprint density at radius 2 is 1.96 bits per heavy atom. The van der Waals surface area contributed by atoms with Crippen LogP contribution in [0, 0.1) is 0 Å². The number of carbonyl (C=O) groups is 2. The normalized spacial score (nSPS) is 12.4. The minimum atomic E-state index is -1.29. The van der Waals surface area contributed by atoms with Gasteiger partial charge >= 0.3 is 12.1 Å². The highest BCUT2D eigenvalue weighted by atomic mass is 35.5. The number of phenols is 1. The van der Waals surface area contributed by atoms with E-state index < -0.39 is 23.7 Å². The Kier molecular flexibility index (Phi) is 6.09. The number of alkyl carbamates (subject to hydrolysis) is 1. The van der Waals surface area contributed by atoms with Gasteiger partial charge in [0.1, 0.15) is 11.6 Å². The van der Waals surface area contributed by atoms with Crippen LogP contribution in [0.4, 0.5) is 4.79 Å². The topological polar surface area (TPSA) is 105 Å². The molecule has 0 saturated heterocycles. The molecule has 0 fully saturated rings. The lowest BCUT2D eigenvalue weighted by Gasteiger charge is -2.22. The van der Waals surface area contributed by atoms with Crippen molar-refractivity contribution >= 4 is 23.7 Å². The van der Waals surface area contributed by atoms with E-state index in [0.717, 1.165) is 0 Å². The highest BCUT2D eigenvalue weighted by Gasteiger charge is 2.26. The molecule has 0 radical (unpaired) electrons. The summed E-state index contributed by atoms with van der Waals surface area (Å²) in [7, 11) is 1.35. The number of hydrogen-bond donors (Lipinski definition) is 3. The summed E-state index contributed by atoms with van der Waals surface area (Å²) in [5, 5.41) is 21.8. The average Bonchev–Trinajstić information content (AvgIpc) is 2.39. The molecule has 0 aliphatic rings. The molecule has 0 heterocycles. The quantitative estimate of drug-likeness (QED) is 0.757. The van der Waals surface area contributed by atoms with Crippen LogP contribution in [0.3, 0.4) is 0 Å². The molecule has 1 rings (SSSR count). The van der Waals surface area contributed by atoms with Crippen molar-refractivity contribution in [2.75, 3.05) is 7.11 Å². The van der Waals surface area contributed by atoms with Crippen LogP contribution < -0.4 is 10.1 Å². The standard InChI is InChI=1S/C15H20ClNO6/c1-15(2,3)23-14(21)17-10(13(19)20)6-8-5-9(16)7-11(22-4)12(8)18/h5,7,10,18H,6H2,1-4H3,(H,17,21)(H,19,20). The number of carbonyl (C=O) groups excluding carboxylic acids is 1. The number of nitrogens with one attached hydrogen (secondary N) is 1. The SMILES string of the molecule is COc1cc(Cl)cc(CC(NC(=O)OC(C)(C)C)C(=O)O)c1O. The summed E-state index contributed by atoms with van der Waals surface area (Å²) in [4.78, 5) is 23.1. The molecule has 7 nitrogen and oxygen atoms in total. The highest BCUT2D eigenvalue weighted by molar-refractivity contribution is 6.30. The van der Waals surface area contributed by atoms with E-state index in [-0.39, 0.29) is 28.5 Å².